The minimum Gasteiger partial charge on any atom is -0.493 e. The van der Waals surface area contributed by atoms with Gasteiger partial charge in [0, 0.05) is 4.47 Å². The van der Waals surface area contributed by atoms with Gasteiger partial charge in [0.2, 0.25) is 5.91 Å². The zero-order valence-corrected chi connectivity index (χ0v) is 18.8. The van der Waals surface area contributed by atoms with Gasteiger partial charge in [-0.05, 0) is 61.7 Å². The zero-order chi connectivity index (χ0) is 20.8. The SMILES string of the molecule is COc1cc(/C=N/N=C2\NC(=O)C(Cc3ccc(Br)cc3)S2)ccc1OC(C)C. The van der Waals surface area contributed by atoms with E-state index in [1.54, 1.807) is 13.3 Å². The number of thioether (sulfide) groups is 1. The van der Waals surface area contributed by atoms with Crippen molar-refractivity contribution in [3.63, 3.8) is 0 Å². The van der Waals surface area contributed by atoms with E-state index in [0.717, 1.165) is 15.6 Å². The quantitative estimate of drug-likeness (QED) is 0.475. The number of ether oxygens (including phenoxy) is 2. The lowest BCUT2D eigenvalue weighted by Gasteiger charge is -2.13. The van der Waals surface area contributed by atoms with Crippen LogP contribution >= 0.6 is 27.7 Å². The molecule has 1 aliphatic rings. The summed E-state index contributed by atoms with van der Waals surface area (Å²) in [5.41, 5.74) is 1.92. The van der Waals surface area contributed by atoms with Gasteiger partial charge in [-0.25, -0.2) is 0 Å². The van der Waals surface area contributed by atoms with Crippen LogP contribution in [0.2, 0.25) is 0 Å². The maximum absolute atomic E-state index is 12.2. The Hall–Kier alpha value is -2.32. The Morgan fingerprint density at radius 3 is 2.66 bits per heavy atom. The van der Waals surface area contributed by atoms with Gasteiger partial charge in [0.15, 0.2) is 16.7 Å². The third kappa shape index (κ3) is 6.08. The molecule has 1 saturated heterocycles. The highest BCUT2D eigenvalue weighted by Crippen LogP contribution is 2.28. The summed E-state index contributed by atoms with van der Waals surface area (Å²) in [6.07, 6.45) is 2.31. The average Bonchev–Trinajstić information content (AvgIpc) is 3.03. The maximum Gasteiger partial charge on any atom is 0.239 e. The molecule has 152 valence electrons. The number of carbonyl (C=O) groups is 1. The normalized spacial score (nSPS) is 17.9. The summed E-state index contributed by atoms with van der Waals surface area (Å²) in [7, 11) is 1.60. The number of hydrogen-bond donors (Lipinski definition) is 1. The summed E-state index contributed by atoms with van der Waals surface area (Å²) < 4.78 is 12.1. The predicted octanol–water partition coefficient (Wildman–Crippen LogP) is 4.41. The molecule has 0 radical (unpaired) electrons. The molecular weight excluding hydrogens is 454 g/mol. The Bertz CT molecular complexity index is 929. The number of benzene rings is 2. The van der Waals surface area contributed by atoms with Gasteiger partial charge < -0.3 is 14.8 Å². The first-order chi connectivity index (χ1) is 13.9. The van der Waals surface area contributed by atoms with Crippen molar-refractivity contribution in [1.29, 1.82) is 0 Å². The summed E-state index contributed by atoms with van der Waals surface area (Å²) >= 11 is 4.81. The van der Waals surface area contributed by atoms with Crippen LogP contribution in [0.4, 0.5) is 0 Å². The Morgan fingerprint density at radius 1 is 1.21 bits per heavy atom. The van der Waals surface area contributed by atoms with E-state index in [-0.39, 0.29) is 17.3 Å². The van der Waals surface area contributed by atoms with Crippen molar-refractivity contribution in [1.82, 2.24) is 5.32 Å². The first-order valence-electron chi connectivity index (χ1n) is 9.12. The largest absolute Gasteiger partial charge is 0.493 e. The monoisotopic (exact) mass is 475 g/mol. The third-order valence-corrected chi connectivity index (χ3v) is 5.62. The van der Waals surface area contributed by atoms with Crippen LogP contribution in [0.3, 0.4) is 0 Å². The number of methoxy groups -OCH3 is 1. The van der Waals surface area contributed by atoms with Crippen LogP contribution in [0.15, 0.2) is 57.1 Å². The van der Waals surface area contributed by atoms with E-state index >= 15 is 0 Å². The molecule has 1 atom stereocenters. The van der Waals surface area contributed by atoms with Crippen LogP contribution in [0.1, 0.15) is 25.0 Å². The molecule has 29 heavy (non-hydrogen) atoms. The first kappa shape index (κ1) is 21.4. The van der Waals surface area contributed by atoms with E-state index in [4.69, 9.17) is 9.47 Å². The van der Waals surface area contributed by atoms with Crippen LogP contribution in [0.5, 0.6) is 11.5 Å². The van der Waals surface area contributed by atoms with Crippen LogP contribution in [0, 0.1) is 0 Å². The molecule has 1 unspecified atom stereocenters. The summed E-state index contributed by atoms with van der Waals surface area (Å²) in [5.74, 6) is 1.26. The number of nitrogens with one attached hydrogen (secondary N) is 1. The standard InChI is InChI=1S/C21H22BrN3O3S/c1-13(2)28-17-9-6-15(10-18(17)27-3)12-23-25-21-24-20(26)19(29-21)11-14-4-7-16(22)8-5-14/h4-10,12-13,19H,11H2,1-3H3,(H,24,25,26)/b23-12+. The van der Waals surface area contributed by atoms with Gasteiger partial charge in [0.1, 0.15) is 0 Å². The Morgan fingerprint density at radius 2 is 1.97 bits per heavy atom. The molecule has 2 aromatic carbocycles. The number of hydrogen-bond acceptors (Lipinski definition) is 6. The van der Waals surface area contributed by atoms with Crippen molar-refractivity contribution in [2.24, 2.45) is 10.2 Å². The molecule has 0 saturated carbocycles. The van der Waals surface area contributed by atoms with Crippen molar-refractivity contribution in [2.45, 2.75) is 31.6 Å². The van der Waals surface area contributed by atoms with Gasteiger partial charge >= 0.3 is 0 Å². The molecule has 1 fully saturated rings. The van der Waals surface area contributed by atoms with Crippen molar-refractivity contribution in [2.75, 3.05) is 7.11 Å². The second-order valence-electron chi connectivity index (χ2n) is 6.65. The minimum atomic E-state index is -0.210. The van der Waals surface area contributed by atoms with E-state index < -0.39 is 0 Å². The van der Waals surface area contributed by atoms with Crippen LogP contribution in [-0.4, -0.2) is 35.8 Å². The van der Waals surface area contributed by atoms with E-state index in [2.05, 4.69) is 31.4 Å². The predicted molar refractivity (Wildman–Crippen MR) is 121 cm³/mol. The topological polar surface area (TPSA) is 72.3 Å². The molecule has 6 nitrogen and oxygen atoms in total. The number of carbonyl (C=O) groups excluding carboxylic acids is 1. The third-order valence-electron chi connectivity index (χ3n) is 4.02. The maximum atomic E-state index is 12.2. The number of rotatable bonds is 7. The van der Waals surface area contributed by atoms with Crippen LogP contribution < -0.4 is 14.8 Å². The lowest BCUT2D eigenvalue weighted by atomic mass is 10.1. The Balaban J connectivity index is 1.63. The summed E-state index contributed by atoms with van der Waals surface area (Å²) in [6, 6.07) is 13.5. The Labute approximate surface area is 182 Å². The Kier molecular flexibility index (Phi) is 7.33. The zero-order valence-electron chi connectivity index (χ0n) is 16.4. The molecule has 0 aliphatic carbocycles. The van der Waals surface area contributed by atoms with Gasteiger partial charge in [-0.2, -0.15) is 5.10 Å². The van der Waals surface area contributed by atoms with E-state index in [9.17, 15) is 4.79 Å². The highest BCUT2D eigenvalue weighted by molar-refractivity contribution is 9.10. The lowest BCUT2D eigenvalue weighted by Crippen LogP contribution is -2.25. The minimum absolute atomic E-state index is 0.0521. The lowest BCUT2D eigenvalue weighted by molar-refractivity contribution is -0.118. The van der Waals surface area contributed by atoms with Crippen molar-refractivity contribution >= 4 is 45.0 Å². The van der Waals surface area contributed by atoms with Crippen molar-refractivity contribution in [3.05, 3.63) is 58.1 Å². The van der Waals surface area contributed by atoms with Gasteiger partial charge in [-0.15, -0.1) is 5.10 Å². The van der Waals surface area contributed by atoms with Gasteiger partial charge in [0.25, 0.3) is 0 Å². The summed E-state index contributed by atoms with van der Waals surface area (Å²) in [6.45, 7) is 3.92. The van der Waals surface area contributed by atoms with E-state index in [1.807, 2.05) is 56.3 Å². The number of amides is 1. The number of halogens is 1. The smallest absolute Gasteiger partial charge is 0.239 e. The van der Waals surface area contributed by atoms with Gasteiger partial charge in [-0.1, -0.05) is 39.8 Å². The van der Waals surface area contributed by atoms with Crippen molar-refractivity contribution < 1.29 is 14.3 Å². The highest BCUT2D eigenvalue weighted by atomic mass is 79.9. The van der Waals surface area contributed by atoms with Gasteiger partial charge in [0.05, 0.1) is 24.7 Å². The number of nitrogens with zero attached hydrogens (tertiary/aromatic N) is 2. The molecule has 0 spiro atoms. The second-order valence-corrected chi connectivity index (χ2v) is 8.76. The van der Waals surface area contributed by atoms with Crippen LogP contribution in [-0.2, 0) is 11.2 Å². The summed E-state index contributed by atoms with van der Waals surface area (Å²) in [5, 5.41) is 11.3. The molecule has 8 heteroatoms. The fourth-order valence-electron chi connectivity index (χ4n) is 2.68. The molecule has 1 heterocycles. The summed E-state index contributed by atoms with van der Waals surface area (Å²) in [4.78, 5) is 12.2. The highest BCUT2D eigenvalue weighted by Gasteiger charge is 2.30. The molecule has 2 aromatic rings. The van der Waals surface area contributed by atoms with E-state index in [0.29, 0.717) is 23.1 Å². The molecule has 1 amide bonds. The molecule has 0 bridgehead atoms. The fourth-order valence-corrected chi connectivity index (χ4v) is 3.91. The van der Waals surface area contributed by atoms with E-state index in [1.165, 1.54) is 11.8 Å². The number of amidine groups is 1. The molecule has 1 aliphatic heterocycles. The van der Waals surface area contributed by atoms with Gasteiger partial charge in [-0.3, -0.25) is 4.79 Å². The second kappa shape index (κ2) is 9.93. The molecule has 1 N–H and O–H groups in total. The average molecular weight is 476 g/mol. The molecular formula is C21H22BrN3O3S. The van der Waals surface area contributed by atoms with Crippen molar-refractivity contribution in [3.8, 4) is 11.5 Å². The molecule has 0 aromatic heterocycles. The molecule has 3 rings (SSSR count). The first-order valence-corrected chi connectivity index (χ1v) is 10.8. The van der Waals surface area contributed by atoms with Crippen LogP contribution in [0.25, 0.3) is 0 Å². The fraction of sp³-hybridized carbons (Fsp3) is 0.286.